The highest BCUT2D eigenvalue weighted by Gasteiger charge is 2.36. The van der Waals surface area contributed by atoms with E-state index in [1.807, 2.05) is 47.2 Å². The van der Waals surface area contributed by atoms with E-state index < -0.39 is 5.97 Å². The standard InChI is InChI=1S/C26H18N2O4S/c29-24-23(33-26(32)28(24)20-9-2-1-3-10-20)14-19-16-27(22-12-5-4-11-21(19)22)15-17-7-6-8-18(13-17)25(30)31/h1-14,16H,15H2,(H,30,31)/b23-14+. The lowest BCUT2D eigenvalue weighted by Gasteiger charge is -2.11. The van der Waals surface area contributed by atoms with Crippen LogP contribution in [-0.4, -0.2) is 26.8 Å². The van der Waals surface area contributed by atoms with Gasteiger partial charge in [0.2, 0.25) is 0 Å². The Morgan fingerprint density at radius 2 is 1.70 bits per heavy atom. The van der Waals surface area contributed by atoms with Gasteiger partial charge < -0.3 is 9.67 Å². The molecule has 1 aliphatic heterocycles. The molecule has 1 aromatic heterocycles. The lowest BCUT2D eigenvalue weighted by atomic mass is 10.1. The van der Waals surface area contributed by atoms with E-state index in [0.29, 0.717) is 17.1 Å². The molecule has 0 saturated carbocycles. The second-order valence-electron chi connectivity index (χ2n) is 7.59. The number of carboxylic acids is 1. The number of nitrogens with zero attached hydrogens (tertiary/aromatic N) is 2. The van der Waals surface area contributed by atoms with Gasteiger partial charge in [-0.2, -0.15) is 0 Å². The summed E-state index contributed by atoms with van der Waals surface area (Å²) >= 11 is 0.922. The van der Waals surface area contributed by atoms with Crippen LogP contribution in [0.25, 0.3) is 17.0 Å². The first-order valence-electron chi connectivity index (χ1n) is 10.2. The van der Waals surface area contributed by atoms with Gasteiger partial charge in [-0.15, -0.1) is 0 Å². The molecule has 3 aromatic carbocycles. The first-order chi connectivity index (χ1) is 16.0. The number of carboxylic acid groups (broad SMARTS) is 1. The van der Waals surface area contributed by atoms with Crippen LogP contribution in [0.2, 0.25) is 0 Å². The van der Waals surface area contributed by atoms with Crippen molar-refractivity contribution in [3.05, 3.63) is 107 Å². The Hall–Kier alpha value is -4.10. The molecule has 1 fully saturated rings. The van der Waals surface area contributed by atoms with E-state index in [4.69, 9.17) is 0 Å². The molecule has 0 unspecified atom stereocenters. The molecule has 4 aromatic rings. The molecule has 0 spiro atoms. The van der Waals surface area contributed by atoms with Gasteiger partial charge in [0.05, 0.1) is 16.2 Å². The molecule has 33 heavy (non-hydrogen) atoms. The van der Waals surface area contributed by atoms with Crippen molar-refractivity contribution in [2.24, 2.45) is 0 Å². The zero-order valence-electron chi connectivity index (χ0n) is 17.3. The zero-order chi connectivity index (χ0) is 22.9. The monoisotopic (exact) mass is 454 g/mol. The number of aromatic nitrogens is 1. The molecule has 0 atom stereocenters. The summed E-state index contributed by atoms with van der Waals surface area (Å²) < 4.78 is 2.02. The molecule has 1 N–H and O–H groups in total. The van der Waals surface area contributed by atoms with Crippen LogP contribution < -0.4 is 4.90 Å². The van der Waals surface area contributed by atoms with Crippen molar-refractivity contribution in [1.82, 2.24) is 4.57 Å². The van der Waals surface area contributed by atoms with Crippen LogP contribution in [0.3, 0.4) is 0 Å². The second-order valence-corrected chi connectivity index (χ2v) is 8.58. The van der Waals surface area contributed by atoms with Gasteiger partial charge in [0, 0.05) is 29.2 Å². The maximum Gasteiger partial charge on any atom is 0.335 e. The Bertz CT molecular complexity index is 1440. The maximum atomic E-state index is 13.0. The Morgan fingerprint density at radius 3 is 2.48 bits per heavy atom. The van der Waals surface area contributed by atoms with Gasteiger partial charge in [0.25, 0.3) is 11.1 Å². The quantitative estimate of drug-likeness (QED) is 0.396. The normalized spacial score (nSPS) is 15.0. The van der Waals surface area contributed by atoms with Crippen molar-refractivity contribution in [2.45, 2.75) is 6.54 Å². The summed E-state index contributed by atoms with van der Waals surface area (Å²) in [5, 5.41) is 9.90. The number of hydrogen-bond donors (Lipinski definition) is 1. The van der Waals surface area contributed by atoms with E-state index in [1.54, 1.807) is 48.5 Å². The minimum Gasteiger partial charge on any atom is -0.478 e. The first-order valence-corrected chi connectivity index (χ1v) is 11.1. The average molecular weight is 455 g/mol. The number of aromatic carboxylic acids is 1. The number of fused-ring (bicyclic) bond motifs is 1. The predicted molar refractivity (Wildman–Crippen MR) is 129 cm³/mol. The molecule has 2 amide bonds. The van der Waals surface area contributed by atoms with E-state index in [0.717, 1.165) is 33.8 Å². The molecule has 0 radical (unpaired) electrons. The molecule has 0 bridgehead atoms. The molecule has 6 nitrogen and oxygen atoms in total. The van der Waals surface area contributed by atoms with Crippen molar-refractivity contribution >= 4 is 51.5 Å². The van der Waals surface area contributed by atoms with Gasteiger partial charge in [-0.05, 0) is 53.7 Å². The van der Waals surface area contributed by atoms with Gasteiger partial charge in [-0.3, -0.25) is 9.59 Å². The number of carbonyl (C=O) groups excluding carboxylic acids is 2. The third-order valence-corrected chi connectivity index (χ3v) is 6.31. The van der Waals surface area contributed by atoms with Crippen molar-refractivity contribution in [1.29, 1.82) is 0 Å². The minimum absolute atomic E-state index is 0.235. The molecule has 162 valence electrons. The molecule has 1 aliphatic rings. The number of para-hydroxylation sites is 2. The van der Waals surface area contributed by atoms with Crippen LogP contribution in [0.5, 0.6) is 0 Å². The summed E-state index contributed by atoms with van der Waals surface area (Å²) in [5.74, 6) is -1.31. The summed E-state index contributed by atoms with van der Waals surface area (Å²) in [4.78, 5) is 38.4. The predicted octanol–water partition coefficient (Wildman–Crippen LogP) is 5.63. The molecular formula is C26H18N2O4S. The number of carbonyl (C=O) groups is 3. The fourth-order valence-corrected chi connectivity index (χ4v) is 4.76. The molecule has 2 heterocycles. The number of benzene rings is 3. The highest BCUT2D eigenvalue weighted by atomic mass is 32.2. The summed E-state index contributed by atoms with van der Waals surface area (Å²) in [6.07, 6.45) is 3.68. The fourth-order valence-electron chi connectivity index (χ4n) is 3.93. The Morgan fingerprint density at radius 1 is 0.939 bits per heavy atom. The molecule has 1 saturated heterocycles. The van der Waals surface area contributed by atoms with Crippen LogP contribution >= 0.6 is 11.8 Å². The van der Waals surface area contributed by atoms with E-state index in [-0.39, 0.29) is 16.7 Å². The van der Waals surface area contributed by atoms with E-state index >= 15 is 0 Å². The van der Waals surface area contributed by atoms with Gasteiger partial charge in [-0.25, -0.2) is 9.69 Å². The SMILES string of the molecule is O=C(O)c1cccc(Cn2cc(/C=C3/SC(=O)N(c4ccccc4)C3=O)c3ccccc32)c1. The van der Waals surface area contributed by atoms with Gasteiger partial charge in [-0.1, -0.05) is 48.5 Å². The van der Waals surface area contributed by atoms with E-state index in [9.17, 15) is 19.5 Å². The number of imide groups is 1. The lowest BCUT2D eigenvalue weighted by Crippen LogP contribution is -2.27. The number of hydrogen-bond acceptors (Lipinski definition) is 4. The van der Waals surface area contributed by atoms with Crippen molar-refractivity contribution in [2.75, 3.05) is 4.90 Å². The Kier molecular flexibility index (Phi) is 5.32. The van der Waals surface area contributed by atoms with Gasteiger partial charge >= 0.3 is 5.97 Å². The van der Waals surface area contributed by atoms with Crippen LogP contribution in [0.1, 0.15) is 21.5 Å². The molecule has 5 rings (SSSR count). The topological polar surface area (TPSA) is 79.6 Å². The van der Waals surface area contributed by atoms with Crippen LogP contribution in [0, 0.1) is 0 Å². The number of thioether (sulfide) groups is 1. The smallest absolute Gasteiger partial charge is 0.335 e. The van der Waals surface area contributed by atoms with Crippen LogP contribution in [-0.2, 0) is 11.3 Å². The van der Waals surface area contributed by atoms with Crippen LogP contribution in [0.15, 0.2) is 90.0 Å². The summed E-state index contributed by atoms with van der Waals surface area (Å²) in [7, 11) is 0. The Balaban J connectivity index is 1.52. The zero-order valence-corrected chi connectivity index (χ0v) is 18.2. The third kappa shape index (κ3) is 3.94. The summed E-state index contributed by atoms with van der Waals surface area (Å²) in [6.45, 7) is 0.473. The second kappa shape index (κ2) is 8.44. The highest BCUT2D eigenvalue weighted by Crippen LogP contribution is 2.36. The molecule has 0 aliphatic carbocycles. The number of anilines is 1. The first kappa shape index (κ1) is 20.8. The summed E-state index contributed by atoms with van der Waals surface area (Å²) in [5.41, 5.74) is 3.40. The molecular weight excluding hydrogens is 436 g/mol. The van der Waals surface area contributed by atoms with Crippen molar-refractivity contribution < 1.29 is 19.5 Å². The van der Waals surface area contributed by atoms with Crippen molar-refractivity contribution in [3.8, 4) is 0 Å². The minimum atomic E-state index is -0.968. The van der Waals surface area contributed by atoms with Gasteiger partial charge in [0.1, 0.15) is 0 Å². The molecule has 7 heteroatoms. The van der Waals surface area contributed by atoms with Crippen molar-refractivity contribution in [3.63, 3.8) is 0 Å². The third-order valence-electron chi connectivity index (χ3n) is 5.44. The number of rotatable bonds is 5. The summed E-state index contributed by atoms with van der Waals surface area (Å²) in [6, 6.07) is 23.5. The van der Waals surface area contributed by atoms with Gasteiger partial charge in [0.15, 0.2) is 0 Å². The maximum absolute atomic E-state index is 13.0. The largest absolute Gasteiger partial charge is 0.478 e. The average Bonchev–Trinajstić information content (AvgIpc) is 3.31. The fraction of sp³-hybridized carbons (Fsp3) is 0.0385. The van der Waals surface area contributed by atoms with E-state index in [1.165, 1.54) is 4.90 Å². The van der Waals surface area contributed by atoms with Crippen LogP contribution in [0.4, 0.5) is 10.5 Å². The highest BCUT2D eigenvalue weighted by molar-refractivity contribution is 8.19. The number of amides is 2. The van der Waals surface area contributed by atoms with E-state index in [2.05, 4.69) is 0 Å². The lowest BCUT2D eigenvalue weighted by molar-refractivity contribution is -0.113. The Labute approximate surface area is 193 Å².